The highest BCUT2D eigenvalue weighted by Gasteiger charge is 2.09. The van der Waals surface area contributed by atoms with Gasteiger partial charge in [-0.3, -0.25) is 9.78 Å². The molecule has 20 heavy (non-hydrogen) atoms. The van der Waals surface area contributed by atoms with Gasteiger partial charge in [0.1, 0.15) is 5.75 Å². The second-order valence-electron chi connectivity index (χ2n) is 4.28. The SMILES string of the molecule is COc1ccc(C(=O)NCCc2ccccn2)c(N)c1. The molecule has 0 fully saturated rings. The zero-order valence-corrected chi connectivity index (χ0v) is 11.3. The Morgan fingerprint density at radius 1 is 1.35 bits per heavy atom. The molecule has 0 atom stereocenters. The molecule has 1 aromatic carbocycles. The number of pyridine rings is 1. The minimum atomic E-state index is -0.193. The molecule has 2 rings (SSSR count). The van der Waals surface area contributed by atoms with Crippen LogP contribution in [0.5, 0.6) is 5.75 Å². The molecule has 0 saturated carbocycles. The third-order valence-corrected chi connectivity index (χ3v) is 2.90. The molecule has 0 spiro atoms. The molecule has 5 heteroatoms. The van der Waals surface area contributed by atoms with Gasteiger partial charge in [-0.1, -0.05) is 6.07 Å². The number of anilines is 1. The molecule has 0 radical (unpaired) electrons. The molecule has 1 heterocycles. The van der Waals surface area contributed by atoms with Gasteiger partial charge in [0.15, 0.2) is 0 Å². The Hall–Kier alpha value is -2.56. The van der Waals surface area contributed by atoms with Crippen LogP contribution >= 0.6 is 0 Å². The quantitative estimate of drug-likeness (QED) is 0.810. The van der Waals surface area contributed by atoms with Crippen molar-refractivity contribution in [3.8, 4) is 5.75 Å². The number of rotatable bonds is 5. The summed E-state index contributed by atoms with van der Waals surface area (Å²) in [7, 11) is 1.56. The van der Waals surface area contributed by atoms with Gasteiger partial charge in [-0.2, -0.15) is 0 Å². The maximum Gasteiger partial charge on any atom is 0.253 e. The number of carbonyl (C=O) groups excluding carboxylic acids is 1. The maximum atomic E-state index is 12.0. The van der Waals surface area contributed by atoms with Gasteiger partial charge in [0.25, 0.3) is 5.91 Å². The normalized spacial score (nSPS) is 10.1. The van der Waals surface area contributed by atoms with E-state index in [0.717, 1.165) is 5.69 Å². The number of benzene rings is 1. The number of amides is 1. The fraction of sp³-hybridized carbons (Fsp3) is 0.200. The molecule has 2 aromatic rings. The van der Waals surface area contributed by atoms with Crippen LogP contribution < -0.4 is 15.8 Å². The van der Waals surface area contributed by atoms with Crippen LogP contribution in [0.4, 0.5) is 5.69 Å². The lowest BCUT2D eigenvalue weighted by Crippen LogP contribution is -2.26. The Morgan fingerprint density at radius 2 is 2.20 bits per heavy atom. The third kappa shape index (κ3) is 3.47. The predicted molar refractivity (Wildman–Crippen MR) is 77.7 cm³/mol. The van der Waals surface area contributed by atoms with Crippen molar-refractivity contribution in [2.75, 3.05) is 19.4 Å². The number of aromatic nitrogens is 1. The lowest BCUT2D eigenvalue weighted by atomic mass is 10.1. The van der Waals surface area contributed by atoms with Crippen molar-refractivity contribution >= 4 is 11.6 Å². The molecule has 0 aliphatic rings. The van der Waals surface area contributed by atoms with E-state index in [2.05, 4.69) is 10.3 Å². The van der Waals surface area contributed by atoms with E-state index in [0.29, 0.717) is 30.0 Å². The van der Waals surface area contributed by atoms with Gasteiger partial charge in [-0.05, 0) is 24.3 Å². The summed E-state index contributed by atoms with van der Waals surface area (Å²) in [5.74, 6) is 0.439. The van der Waals surface area contributed by atoms with Crippen molar-refractivity contribution in [2.45, 2.75) is 6.42 Å². The first-order valence-electron chi connectivity index (χ1n) is 6.32. The summed E-state index contributed by atoms with van der Waals surface area (Å²) < 4.78 is 5.05. The summed E-state index contributed by atoms with van der Waals surface area (Å²) in [4.78, 5) is 16.2. The second-order valence-corrected chi connectivity index (χ2v) is 4.28. The molecule has 0 saturated heterocycles. The summed E-state index contributed by atoms with van der Waals surface area (Å²) in [6, 6.07) is 10.7. The van der Waals surface area contributed by atoms with Gasteiger partial charge in [-0.25, -0.2) is 0 Å². The maximum absolute atomic E-state index is 12.0. The smallest absolute Gasteiger partial charge is 0.253 e. The average Bonchev–Trinajstić information content (AvgIpc) is 2.48. The van der Waals surface area contributed by atoms with E-state index in [4.69, 9.17) is 10.5 Å². The fourth-order valence-corrected chi connectivity index (χ4v) is 1.82. The minimum Gasteiger partial charge on any atom is -0.497 e. The Morgan fingerprint density at radius 3 is 2.85 bits per heavy atom. The Labute approximate surface area is 117 Å². The van der Waals surface area contributed by atoms with Crippen LogP contribution in [0.25, 0.3) is 0 Å². The van der Waals surface area contributed by atoms with Gasteiger partial charge in [0.05, 0.1) is 12.7 Å². The van der Waals surface area contributed by atoms with E-state index < -0.39 is 0 Å². The second kappa shape index (κ2) is 6.56. The topological polar surface area (TPSA) is 77.2 Å². The van der Waals surface area contributed by atoms with Crippen LogP contribution in [0.1, 0.15) is 16.1 Å². The van der Waals surface area contributed by atoms with Crippen LogP contribution in [0, 0.1) is 0 Å². The number of nitrogen functional groups attached to an aromatic ring is 1. The number of nitrogens with zero attached hydrogens (tertiary/aromatic N) is 1. The summed E-state index contributed by atoms with van der Waals surface area (Å²) in [6.07, 6.45) is 2.42. The largest absolute Gasteiger partial charge is 0.497 e. The first kappa shape index (κ1) is 13.9. The van der Waals surface area contributed by atoms with Gasteiger partial charge < -0.3 is 15.8 Å². The Kier molecular flexibility index (Phi) is 4.55. The summed E-state index contributed by atoms with van der Waals surface area (Å²) >= 11 is 0. The zero-order chi connectivity index (χ0) is 14.4. The highest BCUT2D eigenvalue weighted by atomic mass is 16.5. The number of hydrogen-bond acceptors (Lipinski definition) is 4. The molecular weight excluding hydrogens is 254 g/mol. The summed E-state index contributed by atoms with van der Waals surface area (Å²) in [5, 5.41) is 2.83. The Balaban J connectivity index is 1.92. The lowest BCUT2D eigenvalue weighted by Gasteiger charge is -2.08. The van der Waals surface area contributed by atoms with Gasteiger partial charge >= 0.3 is 0 Å². The third-order valence-electron chi connectivity index (χ3n) is 2.90. The Bertz CT molecular complexity index is 585. The molecule has 0 aliphatic carbocycles. The summed E-state index contributed by atoms with van der Waals surface area (Å²) in [6.45, 7) is 0.515. The highest BCUT2D eigenvalue weighted by Crippen LogP contribution is 2.19. The molecule has 1 amide bonds. The molecule has 0 unspecified atom stereocenters. The molecule has 5 nitrogen and oxygen atoms in total. The van der Waals surface area contributed by atoms with Crippen molar-refractivity contribution in [3.63, 3.8) is 0 Å². The molecule has 104 valence electrons. The van der Waals surface area contributed by atoms with Gasteiger partial charge in [-0.15, -0.1) is 0 Å². The number of nitrogens with two attached hydrogens (primary N) is 1. The number of carbonyl (C=O) groups is 1. The van der Waals surface area contributed by atoms with Crippen molar-refractivity contribution in [1.29, 1.82) is 0 Å². The van der Waals surface area contributed by atoms with E-state index in [1.54, 1.807) is 31.5 Å². The average molecular weight is 271 g/mol. The number of ether oxygens (including phenoxy) is 1. The van der Waals surface area contributed by atoms with Crippen LogP contribution in [0.15, 0.2) is 42.6 Å². The molecule has 1 aromatic heterocycles. The van der Waals surface area contributed by atoms with Crippen molar-refractivity contribution in [2.24, 2.45) is 0 Å². The first-order valence-corrected chi connectivity index (χ1v) is 6.32. The van der Waals surface area contributed by atoms with Crippen molar-refractivity contribution in [1.82, 2.24) is 10.3 Å². The van der Waals surface area contributed by atoms with Crippen LogP contribution in [0.2, 0.25) is 0 Å². The van der Waals surface area contributed by atoms with E-state index >= 15 is 0 Å². The van der Waals surface area contributed by atoms with E-state index in [1.165, 1.54) is 0 Å². The molecular formula is C15H17N3O2. The van der Waals surface area contributed by atoms with Gasteiger partial charge in [0.2, 0.25) is 0 Å². The van der Waals surface area contributed by atoms with Gasteiger partial charge in [0, 0.05) is 36.6 Å². The van der Waals surface area contributed by atoms with Crippen LogP contribution in [-0.4, -0.2) is 24.5 Å². The monoisotopic (exact) mass is 271 g/mol. The number of hydrogen-bond donors (Lipinski definition) is 2. The van der Waals surface area contributed by atoms with Crippen molar-refractivity contribution < 1.29 is 9.53 Å². The molecule has 0 bridgehead atoms. The molecule has 0 aliphatic heterocycles. The molecule has 3 N–H and O–H groups in total. The first-order chi connectivity index (χ1) is 9.70. The highest BCUT2D eigenvalue weighted by molar-refractivity contribution is 5.99. The minimum absolute atomic E-state index is 0.193. The zero-order valence-electron chi connectivity index (χ0n) is 11.3. The fourth-order valence-electron chi connectivity index (χ4n) is 1.82. The van der Waals surface area contributed by atoms with E-state index in [1.807, 2.05) is 18.2 Å². The van der Waals surface area contributed by atoms with Crippen molar-refractivity contribution in [3.05, 3.63) is 53.9 Å². The standard InChI is InChI=1S/C15H17N3O2/c1-20-12-5-6-13(14(16)10-12)15(19)18-9-7-11-4-2-3-8-17-11/h2-6,8,10H,7,9,16H2,1H3,(H,18,19). The lowest BCUT2D eigenvalue weighted by molar-refractivity contribution is 0.0955. The van der Waals surface area contributed by atoms with Crippen LogP contribution in [-0.2, 0) is 6.42 Å². The predicted octanol–water partition coefficient (Wildman–Crippen LogP) is 1.64. The van der Waals surface area contributed by atoms with E-state index in [9.17, 15) is 4.79 Å². The number of methoxy groups -OCH3 is 1. The van der Waals surface area contributed by atoms with Crippen LogP contribution in [0.3, 0.4) is 0 Å². The van der Waals surface area contributed by atoms with E-state index in [-0.39, 0.29) is 5.91 Å². The summed E-state index contributed by atoms with van der Waals surface area (Å²) in [5.41, 5.74) is 7.62. The number of nitrogens with one attached hydrogen (secondary N) is 1.